The van der Waals surface area contributed by atoms with Gasteiger partial charge in [0.2, 0.25) is 0 Å². The van der Waals surface area contributed by atoms with E-state index in [0.29, 0.717) is 17.2 Å². The number of nitrogens with one attached hydrogen (secondary N) is 1. The zero-order valence-corrected chi connectivity index (χ0v) is 14.6. The second-order valence-electron chi connectivity index (χ2n) is 5.16. The van der Waals surface area contributed by atoms with Crippen molar-refractivity contribution in [2.24, 2.45) is 0 Å². The van der Waals surface area contributed by atoms with Gasteiger partial charge in [-0.1, -0.05) is 25.5 Å². The molecule has 1 amide bonds. The van der Waals surface area contributed by atoms with E-state index in [1.54, 1.807) is 30.3 Å². The molecule has 2 rings (SSSR count). The minimum Gasteiger partial charge on any atom is -0.463 e. The van der Waals surface area contributed by atoms with Crippen LogP contribution in [-0.4, -0.2) is 31.1 Å². The molecule has 1 N–H and O–H groups in total. The van der Waals surface area contributed by atoms with Crippen molar-refractivity contribution in [3.05, 3.63) is 52.2 Å². The topological polar surface area (TPSA) is 81.7 Å². The molecule has 0 aliphatic heterocycles. The van der Waals surface area contributed by atoms with Gasteiger partial charge in [0, 0.05) is 5.69 Å². The molecule has 0 spiro atoms. The zero-order valence-electron chi connectivity index (χ0n) is 13.8. The van der Waals surface area contributed by atoms with E-state index in [0.717, 1.165) is 12.8 Å². The lowest BCUT2D eigenvalue weighted by atomic mass is 10.2. The van der Waals surface area contributed by atoms with Crippen LogP contribution in [0.3, 0.4) is 0 Å². The van der Waals surface area contributed by atoms with Gasteiger partial charge in [-0.3, -0.25) is 4.79 Å². The van der Waals surface area contributed by atoms with Crippen molar-refractivity contribution in [3.8, 4) is 0 Å². The molecular weight excluding hydrogens is 342 g/mol. The van der Waals surface area contributed by atoms with E-state index in [1.165, 1.54) is 17.4 Å². The van der Waals surface area contributed by atoms with Crippen molar-refractivity contribution in [2.45, 2.75) is 19.8 Å². The first kappa shape index (κ1) is 18.7. The highest BCUT2D eigenvalue weighted by Crippen LogP contribution is 2.15. The quantitative estimate of drug-likeness (QED) is 0.575. The number of ether oxygens (including phenoxy) is 2. The molecule has 0 saturated carbocycles. The molecule has 0 radical (unpaired) electrons. The van der Waals surface area contributed by atoms with E-state index >= 15 is 0 Å². The summed E-state index contributed by atoms with van der Waals surface area (Å²) in [6.07, 6.45) is 1.68. The third kappa shape index (κ3) is 6.04. The first-order valence-corrected chi connectivity index (χ1v) is 8.75. The van der Waals surface area contributed by atoms with Gasteiger partial charge in [0.1, 0.15) is 0 Å². The number of benzene rings is 1. The maximum absolute atomic E-state index is 12.0. The van der Waals surface area contributed by atoms with Crippen LogP contribution in [0.15, 0.2) is 41.8 Å². The number of carbonyl (C=O) groups is 3. The number of thiophene rings is 1. The lowest BCUT2D eigenvalue weighted by molar-refractivity contribution is -0.147. The summed E-state index contributed by atoms with van der Waals surface area (Å²) in [7, 11) is 0. The number of esters is 2. The average Bonchev–Trinajstić information content (AvgIpc) is 3.15. The number of amides is 1. The first-order chi connectivity index (χ1) is 12.1. The maximum atomic E-state index is 12.0. The Hall–Kier alpha value is -2.67. The Morgan fingerprint density at radius 3 is 2.68 bits per heavy atom. The zero-order chi connectivity index (χ0) is 18.1. The summed E-state index contributed by atoms with van der Waals surface area (Å²) >= 11 is 1.33. The van der Waals surface area contributed by atoms with Gasteiger partial charge >= 0.3 is 11.9 Å². The fourth-order valence-electron chi connectivity index (χ4n) is 1.90. The average molecular weight is 361 g/mol. The van der Waals surface area contributed by atoms with Gasteiger partial charge in [-0.2, -0.15) is 0 Å². The third-order valence-electron chi connectivity index (χ3n) is 3.18. The van der Waals surface area contributed by atoms with Crippen molar-refractivity contribution < 1.29 is 23.9 Å². The van der Waals surface area contributed by atoms with Crippen LogP contribution in [0.5, 0.6) is 0 Å². The summed E-state index contributed by atoms with van der Waals surface area (Å²) in [6.45, 7) is 1.86. The van der Waals surface area contributed by atoms with E-state index < -0.39 is 18.5 Å². The minimum absolute atomic E-state index is 0.241. The predicted octanol–water partition coefficient (Wildman–Crippen LogP) is 3.50. The molecule has 1 aromatic carbocycles. The Kier molecular flexibility index (Phi) is 7.16. The fourth-order valence-corrected chi connectivity index (χ4v) is 2.52. The summed E-state index contributed by atoms with van der Waals surface area (Å²) in [6, 6.07) is 9.83. The molecular formula is C18H19NO5S. The molecule has 0 bridgehead atoms. The summed E-state index contributed by atoms with van der Waals surface area (Å²) in [5.41, 5.74) is 0.712. The molecule has 0 atom stereocenters. The SMILES string of the molecule is CCCCOC(=O)COC(=O)c1cccc(NC(=O)c2cccs2)c1. The van der Waals surface area contributed by atoms with Gasteiger partial charge in [0.25, 0.3) is 5.91 Å². The fraction of sp³-hybridized carbons (Fsp3) is 0.278. The van der Waals surface area contributed by atoms with Crippen molar-refractivity contribution in [2.75, 3.05) is 18.5 Å². The number of rotatable bonds is 8. The molecule has 0 fully saturated rings. The Bertz CT molecular complexity index is 727. The summed E-state index contributed by atoms with van der Waals surface area (Å²) in [4.78, 5) is 36.0. The van der Waals surface area contributed by atoms with Crippen molar-refractivity contribution >= 4 is 34.9 Å². The molecule has 1 heterocycles. The van der Waals surface area contributed by atoms with E-state index in [2.05, 4.69) is 5.32 Å². The first-order valence-electron chi connectivity index (χ1n) is 7.88. The monoisotopic (exact) mass is 361 g/mol. The molecule has 0 aliphatic rings. The summed E-state index contributed by atoms with van der Waals surface area (Å²) < 4.78 is 9.84. The molecule has 6 nitrogen and oxygen atoms in total. The van der Waals surface area contributed by atoms with Crippen LogP contribution in [0.1, 0.15) is 39.8 Å². The van der Waals surface area contributed by atoms with Gasteiger partial charge in [-0.25, -0.2) is 9.59 Å². The maximum Gasteiger partial charge on any atom is 0.344 e. The highest BCUT2D eigenvalue weighted by Gasteiger charge is 2.13. The van der Waals surface area contributed by atoms with E-state index in [9.17, 15) is 14.4 Å². The van der Waals surface area contributed by atoms with Crippen LogP contribution < -0.4 is 5.32 Å². The van der Waals surface area contributed by atoms with E-state index in [-0.39, 0.29) is 11.5 Å². The van der Waals surface area contributed by atoms with Crippen molar-refractivity contribution in [1.29, 1.82) is 0 Å². The molecule has 2 aromatic rings. The standard InChI is InChI=1S/C18H19NO5S/c1-2-3-9-23-16(20)12-24-18(22)13-6-4-7-14(11-13)19-17(21)15-8-5-10-25-15/h4-8,10-11H,2-3,9,12H2,1H3,(H,19,21). The van der Waals surface area contributed by atoms with Crippen LogP contribution in [0.4, 0.5) is 5.69 Å². The predicted molar refractivity (Wildman–Crippen MR) is 94.9 cm³/mol. The second-order valence-corrected chi connectivity index (χ2v) is 6.11. The number of hydrogen-bond acceptors (Lipinski definition) is 6. The Morgan fingerprint density at radius 1 is 1.12 bits per heavy atom. The molecule has 0 saturated heterocycles. The third-order valence-corrected chi connectivity index (χ3v) is 4.05. The van der Waals surface area contributed by atoms with Gasteiger partial charge < -0.3 is 14.8 Å². The molecule has 7 heteroatoms. The van der Waals surface area contributed by atoms with Gasteiger partial charge in [-0.15, -0.1) is 11.3 Å². The van der Waals surface area contributed by atoms with Crippen LogP contribution in [-0.2, 0) is 14.3 Å². The molecule has 1 aromatic heterocycles. The second kappa shape index (κ2) is 9.58. The number of carbonyl (C=O) groups excluding carboxylic acids is 3. The molecule has 25 heavy (non-hydrogen) atoms. The number of hydrogen-bond donors (Lipinski definition) is 1. The van der Waals surface area contributed by atoms with Gasteiger partial charge in [0.15, 0.2) is 6.61 Å². The Morgan fingerprint density at radius 2 is 1.96 bits per heavy atom. The lowest BCUT2D eigenvalue weighted by Gasteiger charge is -2.08. The molecule has 132 valence electrons. The van der Waals surface area contributed by atoms with E-state index in [1.807, 2.05) is 12.3 Å². The van der Waals surface area contributed by atoms with Gasteiger partial charge in [0.05, 0.1) is 17.0 Å². The van der Waals surface area contributed by atoms with E-state index in [4.69, 9.17) is 9.47 Å². The van der Waals surface area contributed by atoms with Crippen LogP contribution >= 0.6 is 11.3 Å². The number of unbranched alkanes of at least 4 members (excludes halogenated alkanes) is 1. The largest absolute Gasteiger partial charge is 0.463 e. The number of anilines is 1. The Labute approximate surface area is 149 Å². The summed E-state index contributed by atoms with van der Waals surface area (Å²) in [5, 5.41) is 4.52. The van der Waals surface area contributed by atoms with Crippen molar-refractivity contribution in [1.82, 2.24) is 0 Å². The normalized spacial score (nSPS) is 10.1. The highest BCUT2D eigenvalue weighted by molar-refractivity contribution is 7.12. The van der Waals surface area contributed by atoms with Crippen LogP contribution in [0.2, 0.25) is 0 Å². The highest BCUT2D eigenvalue weighted by atomic mass is 32.1. The molecule has 0 unspecified atom stereocenters. The smallest absolute Gasteiger partial charge is 0.344 e. The van der Waals surface area contributed by atoms with Gasteiger partial charge in [-0.05, 0) is 36.1 Å². The Balaban J connectivity index is 1.88. The van der Waals surface area contributed by atoms with Crippen LogP contribution in [0, 0.1) is 0 Å². The molecule has 0 aliphatic carbocycles. The summed E-state index contributed by atoms with van der Waals surface area (Å²) in [5.74, 6) is -1.48. The minimum atomic E-state index is -0.653. The van der Waals surface area contributed by atoms with Crippen LogP contribution in [0.25, 0.3) is 0 Å². The van der Waals surface area contributed by atoms with Crippen molar-refractivity contribution in [3.63, 3.8) is 0 Å². The lowest BCUT2D eigenvalue weighted by Crippen LogP contribution is -2.17.